The summed E-state index contributed by atoms with van der Waals surface area (Å²) < 4.78 is 5.35. The molecule has 5 nitrogen and oxygen atoms in total. The van der Waals surface area contributed by atoms with Crippen LogP contribution in [0.15, 0.2) is 24.3 Å². The molecule has 1 atom stereocenters. The molecule has 4 aliphatic rings. The molecule has 4 saturated carbocycles. The predicted octanol–water partition coefficient (Wildman–Crippen LogP) is 6.03. The van der Waals surface area contributed by atoms with E-state index in [1.54, 1.807) is 0 Å². The van der Waals surface area contributed by atoms with Gasteiger partial charge in [-0.25, -0.2) is 4.79 Å². The Morgan fingerprint density at radius 2 is 1.53 bits per heavy atom. The van der Waals surface area contributed by atoms with Gasteiger partial charge in [0.05, 0.1) is 0 Å². The molecular weight excluding hydrogens is 400 g/mol. The minimum absolute atomic E-state index is 0.202. The topological polar surface area (TPSA) is 67.4 Å². The van der Waals surface area contributed by atoms with E-state index >= 15 is 0 Å². The molecule has 4 fully saturated rings. The van der Waals surface area contributed by atoms with Crippen molar-refractivity contribution in [3.63, 3.8) is 0 Å². The van der Waals surface area contributed by atoms with Gasteiger partial charge >= 0.3 is 6.09 Å². The van der Waals surface area contributed by atoms with Gasteiger partial charge in [-0.1, -0.05) is 26.0 Å². The second-order valence-corrected chi connectivity index (χ2v) is 12.1. The van der Waals surface area contributed by atoms with E-state index in [2.05, 4.69) is 22.8 Å². The smallest absolute Gasteiger partial charge is 0.408 e. The molecule has 0 radical (unpaired) electrons. The lowest BCUT2D eigenvalue weighted by Gasteiger charge is -2.57. The number of benzene rings is 1. The summed E-state index contributed by atoms with van der Waals surface area (Å²) in [5.41, 5.74) is 1.98. The highest BCUT2D eigenvalue weighted by atomic mass is 16.6. The number of anilines is 1. The van der Waals surface area contributed by atoms with E-state index in [9.17, 15) is 9.59 Å². The summed E-state index contributed by atoms with van der Waals surface area (Å²) in [4.78, 5) is 25.2. The number of rotatable bonds is 6. The Labute approximate surface area is 193 Å². The predicted molar refractivity (Wildman–Crippen MR) is 128 cm³/mol. The molecular formula is C27H40N2O3. The van der Waals surface area contributed by atoms with Crippen LogP contribution in [-0.2, 0) is 14.9 Å². The van der Waals surface area contributed by atoms with E-state index in [4.69, 9.17) is 4.74 Å². The van der Waals surface area contributed by atoms with Crippen molar-refractivity contribution in [1.29, 1.82) is 0 Å². The molecule has 32 heavy (non-hydrogen) atoms. The van der Waals surface area contributed by atoms with Crippen LogP contribution in [-0.4, -0.2) is 23.6 Å². The highest BCUT2D eigenvalue weighted by Gasteiger charge is 2.51. The first-order valence-electron chi connectivity index (χ1n) is 12.4. The fourth-order valence-electron chi connectivity index (χ4n) is 6.75. The van der Waals surface area contributed by atoms with Crippen molar-refractivity contribution in [3.05, 3.63) is 29.8 Å². The average molecular weight is 441 g/mol. The number of nitrogens with one attached hydrogen (secondary N) is 2. The molecule has 2 N–H and O–H groups in total. The van der Waals surface area contributed by atoms with Crippen LogP contribution in [0.1, 0.15) is 85.1 Å². The van der Waals surface area contributed by atoms with Crippen molar-refractivity contribution in [3.8, 4) is 0 Å². The van der Waals surface area contributed by atoms with Gasteiger partial charge in [-0.05, 0) is 112 Å². The number of hydrogen-bond acceptors (Lipinski definition) is 3. The van der Waals surface area contributed by atoms with E-state index in [1.165, 1.54) is 44.1 Å². The molecule has 176 valence electrons. The highest BCUT2D eigenvalue weighted by Crippen LogP contribution is 2.60. The molecule has 2 amide bonds. The van der Waals surface area contributed by atoms with Crippen LogP contribution < -0.4 is 10.6 Å². The number of amides is 2. The molecule has 0 spiro atoms. The van der Waals surface area contributed by atoms with Crippen molar-refractivity contribution >= 4 is 17.7 Å². The van der Waals surface area contributed by atoms with Gasteiger partial charge in [0, 0.05) is 5.69 Å². The van der Waals surface area contributed by atoms with E-state index in [1.807, 2.05) is 46.8 Å². The monoisotopic (exact) mass is 440 g/mol. The summed E-state index contributed by atoms with van der Waals surface area (Å²) in [5, 5.41) is 5.76. The Kier molecular flexibility index (Phi) is 6.30. The number of carbonyl (C=O) groups excluding carboxylic acids is 2. The SMILES string of the molecule is CC(C)C[C@H](NC(=O)OC(C)(C)C)C(=O)Nc1ccc(C23CC4CC(CC(C4)C2)C3)cc1. The molecule has 0 unspecified atom stereocenters. The third-order valence-electron chi connectivity index (χ3n) is 7.52. The zero-order valence-electron chi connectivity index (χ0n) is 20.4. The molecule has 4 bridgehead atoms. The largest absolute Gasteiger partial charge is 0.444 e. The Balaban J connectivity index is 1.41. The molecule has 1 aromatic rings. The van der Waals surface area contributed by atoms with Crippen LogP contribution in [0, 0.1) is 23.7 Å². The number of carbonyl (C=O) groups is 2. The summed E-state index contributed by atoms with van der Waals surface area (Å²) in [6.07, 6.45) is 8.31. The minimum atomic E-state index is -0.632. The second-order valence-electron chi connectivity index (χ2n) is 12.1. The first-order valence-corrected chi connectivity index (χ1v) is 12.4. The Morgan fingerprint density at radius 3 is 2.00 bits per heavy atom. The van der Waals surface area contributed by atoms with Crippen molar-refractivity contribution in [2.45, 2.75) is 96.6 Å². The highest BCUT2D eigenvalue weighted by molar-refractivity contribution is 5.96. The maximum Gasteiger partial charge on any atom is 0.408 e. The summed E-state index contributed by atoms with van der Waals surface area (Å²) in [6, 6.07) is 7.88. The van der Waals surface area contributed by atoms with E-state index in [0.29, 0.717) is 11.8 Å². The van der Waals surface area contributed by atoms with Crippen molar-refractivity contribution in [2.24, 2.45) is 23.7 Å². The van der Waals surface area contributed by atoms with E-state index < -0.39 is 17.7 Å². The lowest BCUT2D eigenvalue weighted by Crippen LogP contribution is -2.48. The van der Waals surface area contributed by atoms with Gasteiger partial charge in [0.25, 0.3) is 0 Å². The molecule has 0 heterocycles. The second kappa shape index (κ2) is 8.72. The van der Waals surface area contributed by atoms with Gasteiger partial charge in [-0.2, -0.15) is 0 Å². The Hall–Kier alpha value is -2.04. The van der Waals surface area contributed by atoms with Crippen LogP contribution in [0.2, 0.25) is 0 Å². The molecule has 5 heteroatoms. The average Bonchev–Trinajstić information content (AvgIpc) is 2.65. The van der Waals surface area contributed by atoms with Crippen LogP contribution in [0.3, 0.4) is 0 Å². The summed E-state index contributed by atoms with van der Waals surface area (Å²) in [6.45, 7) is 9.52. The first-order chi connectivity index (χ1) is 15.0. The lowest BCUT2D eigenvalue weighted by atomic mass is 9.48. The van der Waals surface area contributed by atoms with Gasteiger partial charge in [-0.3, -0.25) is 4.79 Å². The van der Waals surface area contributed by atoms with Crippen molar-refractivity contribution in [1.82, 2.24) is 5.32 Å². The zero-order chi connectivity index (χ0) is 23.1. The van der Waals surface area contributed by atoms with Crippen LogP contribution in [0.4, 0.5) is 10.5 Å². The van der Waals surface area contributed by atoms with E-state index in [0.717, 1.165) is 23.4 Å². The number of hydrogen-bond donors (Lipinski definition) is 2. The summed E-state index contributed by atoms with van der Waals surface area (Å²) >= 11 is 0. The van der Waals surface area contributed by atoms with Crippen LogP contribution in [0.5, 0.6) is 0 Å². The third kappa shape index (κ3) is 5.29. The molecule has 1 aromatic carbocycles. The Morgan fingerprint density at radius 1 is 1.00 bits per heavy atom. The molecule has 0 aliphatic heterocycles. The number of ether oxygens (including phenoxy) is 1. The molecule has 5 rings (SSSR count). The number of alkyl carbamates (subject to hydrolysis) is 1. The summed E-state index contributed by atoms with van der Waals surface area (Å²) in [5.74, 6) is 2.80. The lowest BCUT2D eigenvalue weighted by molar-refractivity contribution is -0.118. The first kappa shape index (κ1) is 23.1. The summed E-state index contributed by atoms with van der Waals surface area (Å²) in [7, 11) is 0. The van der Waals surface area contributed by atoms with Gasteiger partial charge in [-0.15, -0.1) is 0 Å². The molecule has 0 saturated heterocycles. The van der Waals surface area contributed by atoms with Crippen LogP contribution >= 0.6 is 0 Å². The maximum absolute atomic E-state index is 13.0. The van der Waals surface area contributed by atoms with Gasteiger partial charge in [0.2, 0.25) is 5.91 Å². The molecule has 4 aliphatic carbocycles. The van der Waals surface area contributed by atoms with Gasteiger partial charge in [0.15, 0.2) is 0 Å². The minimum Gasteiger partial charge on any atom is -0.444 e. The maximum atomic E-state index is 13.0. The van der Waals surface area contributed by atoms with Crippen molar-refractivity contribution in [2.75, 3.05) is 5.32 Å². The third-order valence-corrected chi connectivity index (χ3v) is 7.52. The fraction of sp³-hybridized carbons (Fsp3) is 0.704. The van der Waals surface area contributed by atoms with Crippen molar-refractivity contribution < 1.29 is 14.3 Å². The Bertz CT molecular complexity index is 802. The molecule has 0 aromatic heterocycles. The quantitative estimate of drug-likeness (QED) is 0.567. The van der Waals surface area contributed by atoms with Crippen LogP contribution in [0.25, 0.3) is 0 Å². The zero-order valence-corrected chi connectivity index (χ0v) is 20.4. The fourth-order valence-corrected chi connectivity index (χ4v) is 6.75. The van der Waals surface area contributed by atoms with Gasteiger partial charge < -0.3 is 15.4 Å². The van der Waals surface area contributed by atoms with E-state index in [-0.39, 0.29) is 11.8 Å². The normalized spacial score (nSPS) is 29.6. The van der Waals surface area contributed by atoms with Gasteiger partial charge in [0.1, 0.15) is 11.6 Å². The standard InChI is InChI=1S/C27H40N2O3/c1-17(2)10-23(29-25(31)32-26(3,4)5)24(30)28-22-8-6-21(7-9-22)27-14-18-11-19(15-27)13-20(12-18)16-27/h6-9,17-20,23H,10-16H2,1-5H3,(H,28,30)(H,29,31)/t18?,19?,20?,23-,27?/m0/s1.